The minimum atomic E-state index is 0.800. The number of aryl methyl sites for hydroxylation is 1. The molecule has 4 heteroatoms. The van der Waals surface area contributed by atoms with Crippen LogP contribution >= 0.6 is 0 Å². The molecule has 0 aliphatic rings. The van der Waals surface area contributed by atoms with Gasteiger partial charge in [0.1, 0.15) is 5.82 Å². The summed E-state index contributed by atoms with van der Waals surface area (Å²) in [5, 5.41) is 3.14. The highest BCUT2D eigenvalue weighted by Gasteiger charge is 2.06. The molecule has 0 aromatic carbocycles. The molecule has 0 aliphatic heterocycles. The van der Waals surface area contributed by atoms with Crippen LogP contribution < -0.4 is 10.2 Å². The van der Waals surface area contributed by atoms with Gasteiger partial charge in [0.05, 0.1) is 12.5 Å². The van der Waals surface area contributed by atoms with Gasteiger partial charge in [-0.3, -0.25) is 0 Å². The Labute approximate surface area is 108 Å². The van der Waals surface area contributed by atoms with Crippen molar-refractivity contribution in [3.8, 4) is 0 Å². The summed E-state index contributed by atoms with van der Waals surface area (Å²) in [7, 11) is 3.98. The van der Waals surface area contributed by atoms with E-state index in [0.717, 1.165) is 30.2 Å². The number of hydrogen-bond donors (Lipinski definition) is 1. The average molecular weight is 245 g/mol. The molecule has 0 saturated heterocycles. The van der Waals surface area contributed by atoms with E-state index in [9.17, 15) is 0 Å². The fraction of sp³-hybridized carbons (Fsp3) is 0.357. The maximum atomic E-state index is 5.07. The van der Waals surface area contributed by atoms with Gasteiger partial charge in [-0.25, -0.2) is 4.98 Å². The summed E-state index contributed by atoms with van der Waals surface area (Å²) in [4.78, 5) is 6.74. The fourth-order valence-electron chi connectivity index (χ4n) is 1.90. The lowest BCUT2D eigenvalue weighted by atomic mass is 10.2. The maximum absolute atomic E-state index is 5.07. The highest BCUT2D eigenvalue weighted by molar-refractivity contribution is 5.41. The molecule has 2 aromatic heterocycles. The minimum absolute atomic E-state index is 0.800. The lowest BCUT2D eigenvalue weighted by Gasteiger charge is -2.18. The molecule has 0 atom stereocenters. The Hall–Kier alpha value is -1.81. The van der Waals surface area contributed by atoms with E-state index >= 15 is 0 Å². The van der Waals surface area contributed by atoms with Crippen molar-refractivity contribution in [3.05, 3.63) is 47.5 Å². The smallest absolute Gasteiger partial charge is 0.128 e. The molecule has 0 saturated carbocycles. The molecule has 1 N–H and O–H groups in total. The Kier molecular flexibility index (Phi) is 3.99. The zero-order valence-electron chi connectivity index (χ0n) is 11.1. The lowest BCUT2D eigenvalue weighted by Crippen LogP contribution is -2.18. The van der Waals surface area contributed by atoms with E-state index in [4.69, 9.17) is 4.42 Å². The van der Waals surface area contributed by atoms with Crippen LogP contribution in [0.3, 0.4) is 0 Å². The largest absolute Gasteiger partial charge is 0.472 e. The number of furan rings is 1. The van der Waals surface area contributed by atoms with Crippen molar-refractivity contribution in [2.24, 2.45) is 0 Å². The van der Waals surface area contributed by atoms with Crippen LogP contribution in [0, 0.1) is 6.92 Å². The number of hydrogen-bond acceptors (Lipinski definition) is 4. The molecule has 96 valence electrons. The van der Waals surface area contributed by atoms with Crippen LogP contribution in [0.15, 0.2) is 35.1 Å². The van der Waals surface area contributed by atoms with E-state index in [1.54, 1.807) is 12.5 Å². The standard InChI is InChI=1S/C14H19N3O/c1-11-13(8-15-2)4-5-14(16-11)17(3)9-12-6-7-18-10-12/h4-7,10,15H,8-9H2,1-3H3. The second-order valence-electron chi connectivity index (χ2n) is 4.43. The zero-order valence-corrected chi connectivity index (χ0v) is 11.1. The van der Waals surface area contributed by atoms with Gasteiger partial charge in [0.2, 0.25) is 0 Å². The van der Waals surface area contributed by atoms with Crippen molar-refractivity contribution in [3.63, 3.8) is 0 Å². The lowest BCUT2D eigenvalue weighted by molar-refractivity contribution is 0.563. The molecule has 0 amide bonds. The van der Waals surface area contributed by atoms with Gasteiger partial charge in [-0.1, -0.05) is 6.07 Å². The molecule has 18 heavy (non-hydrogen) atoms. The second-order valence-corrected chi connectivity index (χ2v) is 4.43. The summed E-state index contributed by atoms with van der Waals surface area (Å²) in [5.41, 5.74) is 3.45. The van der Waals surface area contributed by atoms with Crippen molar-refractivity contribution in [2.75, 3.05) is 19.0 Å². The summed E-state index contributed by atoms with van der Waals surface area (Å²) in [5.74, 6) is 0.980. The van der Waals surface area contributed by atoms with Gasteiger partial charge in [-0.05, 0) is 31.7 Å². The molecule has 0 bridgehead atoms. The van der Waals surface area contributed by atoms with E-state index in [1.165, 1.54) is 5.56 Å². The Bertz CT molecular complexity index is 494. The monoisotopic (exact) mass is 245 g/mol. The van der Waals surface area contributed by atoms with E-state index in [-0.39, 0.29) is 0 Å². The highest BCUT2D eigenvalue weighted by Crippen LogP contribution is 2.16. The molecule has 0 spiro atoms. The quantitative estimate of drug-likeness (QED) is 0.878. The van der Waals surface area contributed by atoms with Crippen LogP contribution in [0.25, 0.3) is 0 Å². The van der Waals surface area contributed by atoms with Crippen molar-refractivity contribution in [1.82, 2.24) is 10.3 Å². The SMILES string of the molecule is CNCc1ccc(N(C)Cc2ccoc2)nc1C. The highest BCUT2D eigenvalue weighted by atomic mass is 16.3. The number of rotatable bonds is 5. The first kappa shape index (κ1) is 12.6. The number of nitrogens with zero attached hydrogens (tertiary/aromatic N) is 2. The van der Waals surface area contributed by atoms with Gasteiger partial charge in [-0.15, -0.1) is 0 Å². The summed E-state index contributed by atoms with van der Waals surface area (Å²) >= 11 is 0. The van der Waals surface area contributed by atoms with E-state index in [0.29, 0.717) is 0 Å². The number of pyridine rings is 1. The molecule has 0 unspecified atom stereocenters. The normalized spacial score (nSPS) is 10.6. The summed E-state index contributed by atoms with van der Waals surface area (Å²) in [6.45, 7) is 3.70. The van der Waals surface area contributed by atoms with Crippen LogP contribution in [0.1, 0.15) is 16.8 Å². The molecular weight excluding hydrogens is 226 g/mol. The predicted octanol–water partition coefficient (Wildman–Crippen LogP) is 2.34. The van der Waals surface area contributed by atoms with Gasteiger partial charge in [0.15, 0.2) is 0 Å². The average Bonchev–Trinajstić information content (AvgIpc) is 2.84. The molecule has 0 fully saturated rings. The van der Waals surface area contributed by atoms with Gasteiger partial charge in [0, 0.05) is 31.4 Å². The van der Waals surface area contributed by atoms with Crippen LogP contribution in [-0.2, 0) is 13.1 Å². The van der Waals surface area contributed by atoms with E-state index in [1.807, 2.05) is 27.1 Å². The van der Waals surface area contributed by atoms with Gasteiger partial charge < -0.3 is 14.6 Å². The van der Waals surface area contributed by atoms with Gasteiger partial charge >= 0.3 is 0 Å². The Balaban J connectivity index is 2.11. The van der Waals surface area contributed by atoms with Crippen molar-refractivity contribution in [2.45, 2.75) is 20.0 Å². The first-order chi connectivity index (χ1) is 8.70. The molecule has 2 heterocycles. The molecule has 0 aliphatic carbocycles. The third-order valence-corrected chi connectivity index (χ3v) is 2.94. The predicted molar refractivity (Wildman–Crippen MR) is 72.6 cm³/mol. The third kappa shape index (κ3) is 2.90. The Morgan fingerprint density at radius 1 is 1.33 bits per heavy atom. The van der Waals surface area contributed by atoms with Crippen LogP contribution in [0.5, 0.6) is 0 Å². The number of anilines is 1. The number of nitrogens with one attached hydrogen (secondary N) is 1. The fourth-order valence-corrected chi connectivity index (χ4v) is 1.90. The van der Waals surface area contributed by atoms with E-state index in [2.05, 4.69) is 27.3 Å². The Morgan fingerprint density at radius 2 is 2.17 bits per heavy atom. The molecule has 4 nitrogen and oxygen atoms in total. The van der Waals surface area contributed by atoms with E-state index < -0.39 is 0 Å². The van der Waals surface area contributed by atoms with Crippen LogP contribution in [-0.4, -0.2) is 19.1 Å². The maximum Gasteiger partial charge on any atom is 0.128 e. The van der Waals surface area contributed by atoms with Crippen LogP contribution in [0.4, 0.5) is 5.82 Å². The molecule has 0 radical (unpaired) electrons. The topological polar surface area (TPSA) is 41.3 Å². The number of aromatic nitrogens is 1. The molecule has 2 rings (SSSR count). The summed E-state index contributed by atoms with van der Waals surface area (Å²) in [6, 6.07) is 6.15. The first-order valence-corrected chi connectivity index (χ1v) is 6.04. The van der Waals surface area contributed by atoms with Crippen LogP contribution in [0.2, 0.25) is 0 Å². The third-order valence-electron chi connectivity index (χ3n) is 2.94. The summed E-state index contributed by atoms with van der Waals surface area (Å²) < 4.78 is 5.07. The molecule has 2 aromatic rings. The van der Waals surface area contributed by atoms with Crippen molar-refractivity contribution in [1.29, 1.82) is 0 Å². The van der Waals surface area contributed by atoms with Gasteiger partial charge in [-0.2, -0.15) is 0 Å². The van der Waals surface area contributed by atoms with Crippen molar-refractivity contribution >= 4 is 5.82 Å². The minimum Gasteiger partial charge on any atom is -0.472 e. The molecular formula is C14H19N3O. The summed E-state index contributed by atoms with van der Waals surface area (Å²) in [6.07, 6.45) is 3.45. The van der Waals surface area contributed by atoms with Gasteiger partial charge in [0.25, 0.3) is 0 Å². The van der Waals surface area contributed by atoms with Crippen molar-refractivity contribution < 1.29 is 4.42 Å². The Morgan fingerprint density at radius 3 is 2.78 bits per heavy atom. The second kappa shape index (κ2) is 5.69. The zero-order chi connectivity index (χ0) is 13.0. The first-order valence-electron chi connectivity index (χ1n) is 6.04.